The fourth-order valence-corrected chi connectivity index (χ4v) is 2.25. The van der Waals surface area contributed by atoms with E-state index < -0.39 is 6.04 Å². The van der Waals surface area contributed by atoms with E-state index >= 15 is 0 Å². The smallest absolute Gasteiger partial charge is 0.242 e. The number of benzene rings is 1. The topological polar surface area (TPSA) is 46.3 Å². The lowest BCUT2D eigenvalue weighted by Crippen LogP contribution is -2.62. The number of amides is 1. The lowest BCUT2D eigenvalue weighted by atomic mass is 9.89. The van der Waals surface area contributed by atoms with E-state index in [0.29, 0.717) is 11.6 Å². The molecule has 0 aliphatic carbocycles. The molecule has 2 rings (SSSR count). The highest BCUT2D eigenvalue weighted by Gasteiger charge is 2.45. The number of halogens is 1. The Morgan fingerprint density at radius 2 is 2.13 bits per heavy atom. The molecule has 1 amide bonds. The van der Waals surface area contributed by atoms with Gasteiger partial charge in [0.25, 0.3) is 0 Å². The predicted octanol–water partition coefficient (Wildman–Crippen LogP) is 1.57. The van der Waals surface area contributed by atoms with Crippen LogP contribution in [0.1, 0.15) is 18.5 Å². The van der Waals surface area contributed by atoms with Crippen molar-refractivity contribution in [2.24, 2.45) is 5.73 Å². The fraction of sp³-hybridized carbons (Fsp3) is 0.364. The van der Waals surface area contributed by atoms with Crippen molar-refractivity contribution in [3.8, 4) is 0 Å². The highest BCUT2D eigenvalue weighted by Crippen LogP contribution is 2.36. The minimum atomic E-state index is -0.440. The van der Waals surface area contributed by atoms with Crippen LogP contribution >= 0.6 is 11.6 Å². The standard InChI is InChI=1S/C11H13ClN2O/c1-2-14-10(9(13)11(14)15)7-5-3-4-6-8(7)12/h3-6,9-10H,2,13H2,1H3/t9-,10+/m0/s1. The normalized spacial score (nSPS) is 25.3. The van der Waals surface area contributed by atoms with Gasteiger partial charge in [-0.25, -0.2) is 0 Å². The van der Waals surface area contributed by atoms with E-state index in [0.717, 1.165) is 5.56 Å². The van der Waals surface area contributed by atoms with Crippen LogP contribution in [0.3, 0.4) is 0 Å². The summed E-state index contributed by atoms with van der Waals surface area (Å²) < 4.78 is 0. The molecule has 0 aromatic heterocycles. The summed E-state index contributed by atoms with van der Waals surface area (Å²) in [5.74, 6) is 0.00224. The summed E-state index contributed by atoms with van der Waals surface area (Å²) >= 11 is 6.07. The molecule has 1 aliphatic rings. The highest BCUT2D eigenvalue weighted by molar-refractivity contribution is 6.31. The number of carbonyl (C=O) groups is 1. The molecular weight excluding hydrogens is 212 g/mol. The van der Waals surface area contributed by atoms with E-state index in [4.69, 9.17) is 17.3 Å². The lowest BCUT2D eigenvalue weighted by Gasteiger charge is -2.45. The molecule has 3 nitrogen and oxygen atoms in total. The van der Waals surface area contributed by atoms with Gasteiger partial charge in [0.1, 0.15) is 6.04 Å². The quantitative estimate of drug-likeness (QED) is 0.776. The Kier molecular flexibility index (Phi) is 2.67. The zero-order valence-corrected chi connectivity index (χ0v) is 9.24. The van der Waals surface area contributed by atoms with Crippen LogP contribution in [0, 0.1) is 0 Å². The Morgan fingerprint density at radius 3 is 2.73 bits per heavy atom. The molecule has 0 unspecified atom stereocenters. The van der Waals surface area contributed by atoms with Gasteiger partial charge in [0, 0.05) is 11.6 Å². The van der Waals surface area contributed by atoms with Gasteiger partial charge in [0.15, 0.2) is 0 Å². The lowest BCUT2D eigenvalue weighted by molar-refractivity contribution is -0.149. The van der Waals surface area contributed by atoms with Crippen molar-refractivity contribution in [3.63, 3.8) is 0 Å². The van der Waals surface area contributed by atoms with Crippen molar-refractivity contribution >= 4 is 17.5 Å². The first-order valence-electron chi connectivity index (χ1n) is 4.97. The maximum absolute atomic E-state index is 11.4. The molecule has 0 radical (unpaired) electrons. The number of nitrogens with two attached hydrogens (primary N) is 1. The molecule has 0 bridgehead atoms. The molecule has 80 valence electrons. The Hall–Kier alpha value is -1.06. The molecule has 1 aromatic carbocycles. The molecular formula is C11H13ClN2O. The second-order valence-corrected chi connectivity index (χ2v) is 4.02. The first-order chi connectivity index (χ1) is 7.16. The maximum Gasteiger partial charge on any atom is 0.242 e. The van der Waals surface area contributed by atoms with Gasteiger partial charge in [-0.2, -0.15) is 0 Å². The monoisotopic (exact) mass is 224 g/mol. The molecule has 2 atom stereocenters. The molecule has 1 aromatic rings. The number of likely N-dealkylation sites (N-methyl/N-ethyl adjacent to an activating group) is 1. The maximum atomic E-state index is 11.4. The predicted molar refractivity (Wildman–Crippen MR) is 59.6 cm³/mol. The van der Waals surface area contributed by atoms with Crippen LogP contribution in [-0.2, 0) is 4.79 Å². The van der Waals surface area contributed by atoms with Crippen LogP contribution in [0.4, 0.5) is 0 Å². The summed E-state index contributed by atoms with van der Waals surface area (Å²) in [6.45, 7) is 2.61. The summed E-state index contributed by atoms with van der Waals surface area (Å²) in [5, 5.41) is 0.670. The number of hydrogen-bond donors (Lipinski definition) is 1. The molecule has 0 spiro atoms. The summed E-state index contributed by atoms with van der Waals surface area (Å²) in [6.07, 6.45) is 0. The van der Waals surface area contributed by atoms with Crippen molar-refractivity contribution < 1.29 is 4.79 Å². The summed E-state index contributed by atoms with van der Waals surface area (Å²) in [6, 6.07) is 7.02. The van der Waals surface area contributed by atoms with Gasteiger partial charge in [-0.05, 0) is 18.6 Å². The average molecular weight is 225 g/mol. The number of rotatable bonds is 2. The molecule has 1 fully saturated rings. The Morgan fingerprint density at radius 1 is 1.47 bits per heavy atom. The number of carbonyl (C=O) groups excluding carboxylic acids is 1. The van der Waals surface area contributed by atoms with E-state index in [1.807, 2.05) is 31.2 Å². The van der Waals surface area contributed by atoms with Crippen LogP contribution in [-0.4, -0.2) is 23.4 Å². The van der Waals surface area contributed by atoms with Crippen molar-refractivity contribution in [3.05, 3.63) is 34.9 Å². The van der Waals surface area contributed by atoms with Crippen LogP contribution in [0.2, 0.25) is 5.02 Å². The van der Waals surface area contributed by atoms with Gasteiger partial charge in [0.2, 0.25) is 5.91 Å². The van der Waals surface area contributed by atoms with Crippen molar-refractivity contribution in [2.45, 2.75) is 19.0 Å². The molecule has 0 saturated carbocycles. The van der Waals surface area contributed by atoms with E-state index in [1.165, 1.54) is 0 Å². The summed E-state index contributed by atoms with van der Waals surface area (Å²) in [5.41, 5.74) is 6.72. The average Bonchev–Trinajstić information content (AvgIpc) is 2.26. The van der Waals surface area contributed by atoms with Gasteiger partial charge < -0.3 is 10.6 Å². The molecule has 15 heavy (non-hydrogen) atoms. The van der Waals surface area contributed by atoms with Gasteiger partial charge in [-0.1, -0.05) is 29.8 Å². The minimum Gasteiger partial charge on any atom is -0.332 e. The first kappa shape index (κ1) is 10.5. The van der Waals surface area contributed by atoms with Gasteiger partial charge in [0.05, 0.1) is 6.04 Å². The van der Waals surface area contributed by atoms with Crippen molar-refractivity contribution in [1.82, 2.24) is 4.90 Å². The molecule has 1 heterocycles. The Labute approximate surface area is 93.8 Å². The van der Waals surface area contributed by atoms with Crippen LogP contribution < -0.4 is 5.73 Å². The van der Waals surface area contributed by atoms with Crippen LogP contribution in [0.25, 0.3) is 0 Å². The van der Waals surface area contributed by atoms with Crippen LogP contribution in [0.5, 0.6) is 0 Å². The Bertz CT molecular complexity index is 394. The minimum absolute atomic E-state index is 0.00224. The second kappa shape index (κ2) is 3.83. The number of nitrogens with zero attached hydrogens (tertiary/aromatic N) is 1. The van der Waals surface area contributed by atoms with Crippen LogP contribution in [0.15, 0.2) is 24.3 Å². The third-order valence-electron chi connectivity index (χ3n) is 2.81. The number of β-lactam (4-membered cyclic amide) rings is 1. The summed E-state index contributed by atoms with van der Waals surface area (Å²) in [4.78, 5) is 13.2. The third kappa shape index (κ3) is 1.52. The van der Waals surface area contributed by atoms with Gasteiger partial charge in [-0.3, -0.25) is 4.79 Å². The number of hydrogen-bond acceptors (Lipinski definition) is 2. The number of likely N-dealkylation sites (tertiary alicyclic amines) is 1. The molecule has 4 heteroatoms. The summed E-state index contributed by atoms with van der Waals surface area (Å²) in [7, 11) is 0. The molecule has 2 N–H and O–H groups in total. The van der Waals surface area contributed by atoms with Gasteiger partial charge in [-0.15, -0.1) is 0 Å². The zero-order valence-electron chi connectivity index (χ0n) is 8.48. The fourth-order valence-electron chi connectivity index (χ4n) is 2.00. The molecule has 1 saturated heterocycles. The SMILES string of the molecule is CCN1C(=O)[C@@H](N)[C@H]1c1ccccc1Cl. The first-order valence-corrected chi connectivity index (χ1v) is 5.35. The van der Waals surface area contributed by atoms with Crippen molar-refractivity contribution in [2.75, 3.05) is 6.54 Å². The van der Waals surface area contributed by atoms with E-state index in [1.54, 1.807) is 4.90 Å². The third-order valence-corrected chi connectivity index (χ3v) is 3.15. The second-order valence-electron chi connectivity index (χ2n) is 3.62. The van der Waals surface area contributed by atoms with E-state index in [9.17, 15) is 4.79 Å². The highest BCUT2D eigenvalue weighted by atomic mass is 35.5. The zero-order chi connectivity index (χ0) is 11.0. The van der Waals surface area contributed by atoms with Gasteiger partial charge >= 0.3 is 0 Å². The van der Waals surface area contributed by atoms with E-state index in [2.05, 4.69) is 0 Å². The van der Waals surface area contributed by atoms with Crippen molar-refractivity contribution in [1.29, 1.82) is 0 Å². The van der Waals surface area contributed by atoms with E-state index in [-0.39, 0.29) is 11.9 Å². The Balaban J connectivity index is 2.32. The largest absolute Gasteiger partial charge is 0.332 e. The molecule has 1 aliphatic heterocycles.